The van der Waals surface area contributed by atoms with E-state index in [2.05, 4.69) is 40.1 Å². The Hall–Kier alpha value is -2.02. The molecule has 0 N–H and O–H groups in total. The summed E-state index contributed by atoms with van der Waals surface area (Å²) in [5, 5.41) is 1.35. The van der Waals surface area contributed by atoms with Crippen LogP contribution in [0.4, 0.5) is 5.82 Å². The van der Waals surface area contributed by atoms with Gasteiger partial charge in [0.1, 0.15) is 16.5 Å². The number of aryl methyl sites for hydroxylation is 2. The zero-order chi connectivity index (χ0) is 19.9. The normalized spacial score (nSPS) is 19.3. The summed E-state index contributed by atoms with van der Waals surface area (Å²) in [5.41, 5.74) is 2.89. The maximum atomic E-state index is 5.53. The second kappa shape index (κ2) is 7.91. The Kier molecular flexibility index (Phi) is 4.94. The summed E-state index contributed by atoms with van der Waals surface area (Å²) in [7, 11) is 0. The summed E-state index contributed by atoms with van der Waals surface area (Å²) in [6.07, 6.45) is 6.19. The summed E-state index contributed by atoms with van der Waals surface area (Å²) >= 11 is 1.91. The number of aromatic nitrogens is 2. The first kappa shape index (κ1) is 18.7. The van der Waals surface area contributed by atoms with Crippen molar-refractivity contribution in [1.82, 2.24) is 14.9 Å². The standard InChI is InChI=1S/C24H28N4OS/c1-2-5-17(6-3-1)15-28(18-9-10-18)23-22-19-7-4-8-20(19)30-24(22)26-21(25-23)16-27-11-13-29-14-12-27/h1-3,5-6,18H,4,7-16H2. The molecule has 6 heteroatoms. The molecule has 0 atom stereocenters. The maximum absolute atomic E-state index is 5.53. The van der Waals surface area contributed by atoms with Gasteiger partial charge in [-0.2, -0.15) is 0 Å². The Morgan fingerprint density at radius 3 is 2.70 bits per heavy atom. The minimum absolute atomic E-state index is 0.608. The number of hydrogen-bond donors (Lipinski definition) is 0. The van der Waals surface area contributed by atoms with E-state index in [9.17, 15) is 0 Å². The van der Waals surface area contributed by atoms with Crippen molar-refractivity contribution < 1.29 is 4.74 Å². The van der Waals surface area contributed by atoms with E-state index in [1.165, 1.54) is 59.3 Å². The summed E-state index contributed by atoms with van der Waals surface area (Å²) in [6.45, 7) is 5.30. The van der Waals surface area contributed by atoms with Gasteiger partial charge in [0.15, 0.2) is 0 Å². The molecule has 1 aromatic carbocycles. The fourth-order valence-corrected chi connectivity index (χ4v) is 6.08. The molecule has 2 aliphatic carbocycles. The van der Waals surface area contributed by atoms with Gasteiger partial charge in [-0.05, 0) is 43.2 Å². The largest absolute Gasteiger partial charge is 0.379 e. The molecule has 6 rings (SSSR count). The highest BCUT2D eigenvalue weighted by atomic mass is 32.1. The monoisotopic (exact) mass is 420 g/mol. The first-order valence-corrected chi connectivity index (χ1v) is 12.1. The van der Waals surface area contributed by atoms with Crippen LogP contribution in [0.3, 0.4) is 0 Å². The molecule has 3 aromatic rings. The van der Waals surface area contributed by atoms with E-state index in [-0.39, 0.29) is 0 Å². The third-order valence-corrected chi connectivity index (χ3v) is 7.70. The molecule has 5 nitrogen and oxygen atoms in total. The molecular formula is C24H28N4OS. The van der Waals surface area contributed by atoms with Gasteiger partial charge in [0, 0.05) is 30.6 Å². The van der Waals surface area contributed by atoms with Crippen molar-refractivity contribution in [2.24, 2.45) is 0 Å². The molecule has 1 saturated carbocycles. The number of rotatable bonds is 6. The van der Waals surface area contributed by atoms with Crippen molar-refractivity contribution in [3.63, 3.8) is 0 Å². The van der Waals surface area contributed by atoms with Gasteiger partial charge in [-0.25, -0.2) is 9.97 Å². The zero-order valence-corrected chi connectivity index (χ0v) is 18.2. The molecule has 1 aliphatic heterocycles. The van der Waals surface area contributed by atoms with Crippen LogP contribution in [-0.2, 0) is 30.7 Å². The molecule has 156 valence electrons. The Balaban J connectivity index is 1.43. The molecule has 2 aromatic heterocycles. The van der Waals surface area contributed by atoms with Gasteiger partial charge in [0.05, 0.1) is 25.1 Å². The predicted molar refractivity (Wildman–Crippen MR) is 121 cm³/mol. The van der Waals surface area contributed by atoms with Crippen LogP contribution in [0.5, 0.6) is 0 Å². The van der Waals surface area contributed by atoms with E-state index in [4.69, 9.17) is 14.7 Å². The summed E-state index contributed by atoms with van der Waals surface area (Å²) < 4.78 is 5.53. The predicted octanol–water partition coefficient (Wildman–Crippen LogP) is 4.18. The van der Waals surface area contributed by atoms with Crippen LogP contribution in [-0.4, -0.2) is 47.2 Å². The average molecular weight is 421 g/mol. The third kappa shape index (κ3) is 3.61. The molecule has 0 amide bonds. The Labute approximate surface area is 181 Å². The quantitative estimate of drug-likeness (QED) is 0.598. The second-order valence-corrected chi connectivity index (χ2v) is 9.82. The van der Waals surface area contributed by atoms with Gasteiger partial charge >= 0.3 is 0 Å². The van der Waals surface area contributed by atoms with Crippen molar-refractivity contribution in [2.75, 3.05) is 31.2 Å². The highest BCUT2D eigenvalue weighted by molar-refractivity contribution is 7.19. The molecule has 3 aliphatic rings. The molecule has 0 unspecified atom stereocenters. The molecular weight excluding hydrogens is 392 g/mol. The van der Waals surface area contributed by atoms with Crippen LogP contribution in [0.15, 0.2) is 30.3 Å². The van der Waals surface area contributed by atoms with Gasteiger partial charge in [-0.1, -0.05) is 30.3 Å². The minimum atomic E-state index is 0.608. The average Bonchev–Trinajstić information content (AvgIpc) is 3.41. The number of fused-ring (bicyclic) bond motifs is 3. The molecule has 0 spiro atoms. The summed E-state index contributed by atoms with van der Waals surface area (Å²) in [5.74, 6) is 2.16. The van der Waals surface area contributed by atoms with Crippen LogP contribution < -0.4 is 4.90 Å². The SMILES string of the molecule is c1ccc(CN(c2nc(CN3CCOCC3)nc3sc4c(c23)CCC4)C2CC2)cc1. The van der Waals surface area contributed by atoms with Crippen molar-refractivity contribution in [3.05, 3.63) is 52.2 Å². The summed E-state index contributed by atoms with van der Waals surface area (Å²) in [4.78, 5) is 18.0. The van der Waals surface area contributed by atoms with Gasteiger partial charge in [0.2, 0.25) is 0 Å². The lowest BCUT2D eigenvalue weighted by Gasteiger charge is -2.28. The molecule has 0 radical (unpaired) electrons. The van der Waals surface area contributed by atoms with E-state index in [0.717, 1.165) is 45.2 Å². The van der Waals surface area contributed by atoms with E-state index < -0.39 is 0 Å². The van der Waals surface area contributed by atoms with Gasteiger partial charge < -0.3 is 9.64 Å². The number of ether oxygens (including phenoxy) is 1. The fraction of sp³-hybridized carbons (Fsp3) is 0.500. The van der Waals surface area contributed by atoms with E-state index in [1.54, 1.807) is 4.88 Å². The lowest BCUT2D eigenvalue weighted by molar-refractivity contribution is 0.0331. The number of thiophene rings is 1. The first-order valence-electron chi connectivity index (χ1n) is 11.3. The Morgan fingerprint density at radius 1 is 1.07 bits per heavy atom. The number of anilines is 1. The molecule has 2 fully saturated rings. The maximum Gasteiger partial charge on any atom is 0.146 e. The summed E-state index contributed by atoms with van der Waals surface area (Å²) in [6, 6.07) is 11.5. The van der Waals surface area contributed by atoms with Crippen LogP contribution >= 0.6 is 11.3 Å². The molecule has 0 bridgehead atoms. The minimum Gasteiger partial charge on any atom is -0.379 e. The topological polar surface area (TPSA) is 41.5 Å². The second-order valence-electron chi connectivity index (χ2n) is 8.73. The van der Waals surface area contributed by atoms with Crippen LogP contribution in [0.2, 0.25) is 0 Å². The fourth-order valence-electron chi connectivity index (χ4n) is 4.80. The van der Waals surface area contributed by atoms with Crippen molar-refractivity contribution in [2.45, 2.75) is 51.2 Å². The van der Waals surface area contributed by atoms with Crippen LogP contribution in [0.25, 0.3) is 10.2 Å². The van der Waals surface area contributed by atoms with Crippen LogP contribution in [0, 0.1) is 0 Å². The third-order valence-electron chi connectivity index (χ3n) is 6.52. The number of nitrogens with zero attached hydrogens (tertiary/aromatic N) is 4. The van der Waals surface area contributed by atoms with Gasteiger partial charge in [-0.3, -0.25) is 4.90 Å². The van der Waals surface area contributed by atoms with E-state index in [0.29, 0.717) is 6.04 Å². The zero-order valence-electron chi connectivity index (χ0n) is 17.3. The highest BCUT2D eigenvalue weighted by Gasteiger charge is 2.33. The van der Waals surface area contributed by atoms with Gasteiger partial charge in [0.25, 0.3) is 0 Å². The van der Waals surface area contributed by atoms with Crippen molar-refractivity contribution in [3.8, 4) is 0 Å². The number of morpholine rings is 1. The lowest BCUT2D eigenvalue weighted by Crippen LogP contribution is -2.36. The van der Waals surface area contributed by atoms with Crippen molar-refractivity contribution in [1.29, 1.82) is 0 Å². The molecule has 1 saturated heterocycles. The van der Waals surface area contributed by atoms with Crippen molar-refractivity contribution >= 4 is 27.4 Å². The molecule has 3 heterocycles. The highest BCUT2D eigenvalue weighted by Crippen LogP contribution is 2.43. The first-order chi connectivity index (χ1) is 14.8. The van der Waals surface area contributed by atoms with E-state index >= 15 is 0 Å². The lowest BCUT2D eigenvalue weighted by atomic mass is 10.1. The van der Waals surface area contributed by atoms with E-state index in [1.807, 2.05) is 11.3 Å². The smallest absolute Gasteiger partial charge is 0.146 e. The van der Waals surface area contributed by atoms with Gasteiger partial charge in [-0.15, -0.1) is 11.3 Å². The number of benzene rings is 1. The van der Waals surface area contributed by atoms with Crippen LogP contribution in [0.1, 0.15) is 41.1 Å². The number of hydrogen-bond acceptors (Lipinski definition) is 6. The Morgan fingerprint density at radius 2 is 1.90 bits per heavy atom. The molecule has 30 heavy (non-hydrogen) atoms. The Bertz CT molecular complexity index is 1040.